The molecule has 0 bridgehead atoms. The van der Waals surface area contributed by atoms with Gasteiger partial charge in [-0.25, -0.2) is 0 Å². The first-order chi connectivity index (χ1) is 9.64. The Bertz CT molecular complexity index is 414. The highest BCUT2D eigenvalue weighted by atomic mass is 16.4. The Morgan fingerprint density at radius 2 is 1.90 bits per heavy atom. The van der Waals surface area contributed by atoms with Crippen LogP contribution in [0.2, 0.25) is 0 Å². The third kappa shape index (κ3) is 4.72. The van der Waals surface area contributed by atoms with Crippen LogP contribution in [-0.4, -0.2) is 58.9 Å². The maximum absolute atomic E-state index is 12.4. The molecule has 0 aliphatic carbocycles. The lowest BCUT2D eigenvalue weighted by Gasteiger charge is -2.32. The molecule has 1 unspecified atom stereocenters. The van der Waals surface area contributed by atoms with E-state index in [0.717, 1.165) is 6.42 Å². The number of amides is 2. The number of aliphatic carboxylic acids is 1. The van der Waals surface area contributed by atoms with Crippen LogP contribution in [0.25, 0.3) is 0 Å². The van der Waals surface area contributed by atoms with Gasteiger partial charge in [-0.05, 0) is 19.3 Å². The molecular formula is C15H26N2O4. The molecule has 1 fully saturated rings. The van der Waals surface area contributed by atoms with Gasteiger partial charge in [-0.15, -0.1) is 0 Å². The quantitative estimate of drug-likeness (QED) is 0.831. The summed E-state index contributed by atoms with van der Waals surface area (Å²) in [6.45, 7) is 6.58. The topological polar surface area (TPSA) is 77.9 Å². The second kappa shape index (κ2) is 6.91. The highest BCUT2D eigenvalue weighted by Crippen LogP contribution is 2.26. The van der Waals surface area contributed by atoms with Crippen LogP contribution in [-0.2, 0) is 14.4 Å². The first-order valence-electron chi connectivity index (χ1n) is 7.42. The van der Waals surface area contributed by atoms with Crippen molar-refractivity contribution in [1.29, 1.82) is 0 Å². The van der Waals surface area contributed by atoms with Gasteiger partial charge in [0.1, 0.15) is 6.04 Å². The smallest absolute Gasteiger partial charge is 0.303 e. The molecule has 0 aromatic rings. The number of nitrogens with zero attached hydrogens (tertiary/aromatic N) is 2. The highest BCUT2D eigenvalue weighted by molar-refractivity contribution is 5.90. The van der Waals surface area contributed by atoms with Crippen molar-refractivity contribution in [3.63, 3.8) is 0 Å². The van der Waals surface area contributed by atoms with Gasteiger partial charge >= 0.3 is 5.97 Å². The van der Waals surface area contributed by atoms with E-state index in [1.165, 1.54) is 0 Å². The molecule has 1 heterocycles. The summed E-state index contributed by atoms with van der Waals surface area (Å²) in [5, 5.41) is 8.62. The number of carboxylic acid groups (broad SMARTS) is 1. The molecule has 120 valence electrons. The van der Waals surface area contributed by atoms with Gasteiger partial charge in [0.2, 0.25) is 11.8 Å². The molecule has 1 rings (SSSR count). The van der Waals surface area contributed by atoms with E-state index in [1.54, 1.807) is 16.8 Å². The van der Waals surface area contributed by atoms with Crippen molar-refractivity contribution in [1.82, 2.24) is 9.80 Å². The zero-order chi connectivity index (χ0) is 16.2. The standard InChI is InChI=1S/C15H26N2O4/c1-15(2,3)14(21)17-10-5-7-11(17)13(20)16(4)9-6-8-12(18)19/h11H,5-10H2,1-4H3,(H,18,19). The van der Waals surface area contributed by atoms with Gasteiger partial charge in [-0.1, -0.05) is 20.8 Å². The fourth-order valence-corrected chi connectivity index (χ4v) is 2.53. The zero-order valence-electron chi connectivity index (χ0n) is 13.4. The fraction of sp³-hybridized carbons (Fsp3) is 0.800. The summed E-state index contributed by atoms with van der Waals surface area (Å²) in [5.41, 5.74) is -0.495. The number of hydrogen-bond donors (Lipinski definition) is 1. The van der Waals surface area contributed by atoms with Crippen molar-refractivity contribution in [2.45, 2.75) is 52.5 Å². The molecule has 0 spiro atoms. The molecule has 6 heteroatoms. The van der Waals surface area contributed by atoms with E-state index in [0.29, 0.717) is 25.9 Å². The largest absolute Gasteiger partial charge is 0.481 e. The SMILES string of the molecule is CN(CCCC(=O)O)C(=O)C1CCCN1C(=O)C(C)(C)C. The average molecular weight is 298 g/mol. The van der Waals surface area contributed by atoms with E-state index in [4.69, 9.17) is 5.11 Å². The molecule has 21 heavy (non-hydrogen) atoms. The van der Waals surface area contributed by atoms with Gasteiger partial charge < -0.3 is 14.9 Å². The lowest BCUT2D eigenvalue weighted by Crippen LogP contribution is -2.49. The number of carbonyl (C=O) groups is 3. The van der Waals surface area contributed by atoms with Gasteiger partial charge in [-0.2, -0.15) is 0 Å². The Kier molecular flexibility index (Phi) is 5.75. The molecule has 2 amide bonds. The molecule has 1 aliphatic rings. The monoisotopic (exact) mass is 298 g/mol. The van der Waals surface area contributed by atoms with Crippen LogP contribution in [0.5, 0.6) is 0 Å². The summed E-state index contributed by atoms with van der Waals surface area (Å²) in [4.78, 5) is 38.6. The maximum atomic E-state index is 12.4. The van der Waals surface area contributed by atoms with Crippen molar-refractivity contribution in [2.24, 2.45) is 5.41 Å². The first kappa shape index (κ1) is 17.5. The number of rotatable bonds is 5. The Morgan fingerprint density at radius 3 is 2.43 bits per heavy atom. The number of likely N-dealkylation sites (tertiary alicyclic amines) is 1. The van der Waals surface area contributed by atoms with Crippen LogP contribution in [0.3, 0.4) is 0 Å². The summed E-state index contributed by atoms with van der Waals surface area (Å²) < 4.78 is 0. The van der Waals surface area contributed by atoms with Gasteiger partial charge in [0.05, 0.1) is 0 Å². The van der Waals surface area contributed by atoms with E-state index in [9.17, 15) is 14.4 Å². The van der Waals surface area contributed by atoms with Crippen molar-refractivity contribution < 1.29 is 19.5 Å². The molecule has 0 saturated carbocycles. The number of hydrogen-bond acceptors (Lipinski definition) is 3. The van der Waals surface area contributed by atoms with Gasteiger partial charge in [0.15, 0.2) is 0 Å². The minimum Gasteiger partial charge on any atom is -0.481 e. The molecular weight excluding hydrogens is 272 g/mol. The molecule has 0 aromatic heterocycles. The Morgan fingerprint density at radius 1 is 1.29 bits per heavy atom. The molecule has 6 nitrogen and oxygen atoms in total. The number of carboxylic acids is 1. The second-order valence-electron chi connectivity index (χ2n) is 6.66. The van der Waals surface area contributed by atoms with Gasteiger partial charge in [-0.3, -0.25) is 14.4 Å². The Balaban J connectivity index is 2.63. The summed E-state index contributed by atoms with van der Waals surface area (Å²) in [6, 6.07) is -0.397. The summed E-state index contributed by atoms with van der Waals surface area (Å²) >= 11 is 0. The predicted octanol–water partition coefficient (Wildman–Crippen LogP) is 1.35. The summed E-state index contributed by atoms with van der Waals surface area (Å²) in [7, 11) is 1.67. The predicted molar refractivity (Wildman–Crippen MR) is 78.7 cm³/mol. The highest BCUT2D eigenvalue weighted by Gasteiger charge is 2.39. The van der Waals surface area contributed by atoms with Crippen LogP contribution in [0.15, 0.2) is 0 Å². The lowest BCUT2D eigenvalue weighted by molar-refractivity contribution is -0.147. The molecule has 0 radical (unpaired) electrons. The maximum Gasteiger partial charge on any atom is 0.303 e. The summed E-state index contributed by atoms with van der Waals surface area (Å²) in [6.07, 6.45) is 2.00. The Labute approximate surface area is 126 Å². The van der Waals surface area contributed by atoms with Crippen LogP contribution in [0, 0.1) is 5.41 Å². The van der Waals surface area contributed by atoms with Crippen LogP contribution < -0.4 is 0 Å². The number of carbonyl (C=O) groups excluding carboxylic acids is 2. The third-order valence-electron chi connectivity index (χ3n) is 3.70. The van der Waals surface area contributed by atoms with E-state index in [2.05, 4.69) is 0 Å². The zero-order valence-corrected chi connectivity index (χ0v) is 13.4. The van der Waals surface area contributed by atoms with Crippen LogP contribution in [0.1, 0.15) is 46.5 Å². The third-order valence-corrected chi connectivity index (χ3v) is 3.70. The van der Waals surface area contributed by atoms with Crippen molar-refractivity contribution in [2.75, 3.05) is 20.1 Å². The molecule has 0 aromatic carbocycles. The van der Waals surface area contributed by atoms with E-state index in [1.807, 2.05) is 20.8 Å². The Hall–Kier alpha value is -1.59. The average Bonchev–Trinajstić information content (AvgIpc) is 2.83. The fourth-order valence-electron chi connectivity index (χ4n) is 2.53. The minimum atomic E-state index is -0.860. The van der Waals surface area contributed by atoms with Crippen molar-refractivity contribution in [3.8, 4) is 0 Å². The normalized spacial score (nSPS) is 18.7. The summed E-state index contributed by atoms with van der Waals surface area (Å²) in [5.74, 6) is -0.950. The van der Waals surface area contributed by atoms with Crippen molar-refractivity contribution in [3.05, 3.63) is 0 Å². The molecule has 1 N–H and O–H groups in total. The van der Waals surface area contributed by atoms with E-state index >= 15 is 0 Å². The minimum absolute atomic E-state index is 0.00251. The van der Waals surface area contributed by atoms with Gasteiger partial charge in [0.25, 0.3) is 0 Å². The molecule has 1 aliphatic heterocycles. The van der Waals surface area contributed by atoms with Crippen LogP contribution in [0.4, 0.5) is 0 Å². The van der Waals surface area contributed by atoms with Crippen molar-refractivity contribution >= 4 is 17.8 Å². The van der Waals surface area contributed by atoms with E-state index < -0.39 is 17.4 Å². The lowest BCUT2D eigenvalue weighted by atomic mass is 9.94. The molecule has 1 saturated heterocycles. The van der Waals surface area contributed by atoms with Gasteiger partial charge in [0, 0.05) is 32.0 Å². The second-order valence-corrected chi connectivity index (χ2v) is 6.66. The number of likely N-dealkylation sites (N-methyl/N-ethyl adjacent to an activating group) is 1. The first-order valence-corrected chi connectivity index (χ1v) is 7.42. The van der Waals surface area contributed by atoms with E-state index in [-0.39, 0.29) is 18.2 Å². The molecule has 1 atom stereocenters. The van der Waals surface area contributed by atoms with Crippen LogP contribution >= 0.6 is 0 Å².